The van der Waals surface area contributed by atoms with E-state index in [2.05, 4.69) is 27.9 Å². The molecular formula is C21H25ClFN5O. The fourth-order valence-electron chi connectivity index (χ4n) is 3.68. The van der Waals surface area contributed by atoms with Crippen molar-refractivity contribution in [2.24, 2.45) is 10.9 Å². The molecule has 0 amide bonds. The summed E-state index contributed by atoms with van der Waals surface area (Å²) >= 11 is 6.41. The third kappa shape index (κ3) is 4.11. The number of aromatic nitrogens is 2. The average Bonchev–Trinajstić information content (AvgIpc) is 3.43. The first kappa shape index (κ1) is 19.8. The molecule has 8 heteroatoms. The van der Waals surface area contributed by atoms with Crippen LogP contribution in [0.15, 0.2) is 41.8 Å². The van der Waals surface area contributed by atoms with Crippen molar-refractivity contribution in [2.75, 3.05) is 13.1 Å². The highest BCUT2D eigenvalue weighted by Crippen LogP contribution is 2.24. The average molecular weight is 418 g/mol. The topological polar surface area (TPSA) is 69.0 Å². The number of aryl methyl sites for hydroxylation is 1. The Labute approximate surface area is 174 Å². The van der Waals surface area contributed by atoms with E-state index < -0.39 is 5.82 Å². The minimum Gasteiger partial charge on any atom is -0.389 e. The molecule has 6 nitrogen and oxygen atoms in total. The van der Waals surface area contributed by atoms with E-state index in [0.29, 0.717) is 22.7 Å². The summed E-state index contributed by atoms with van der Waals surface area (Å²) < 4.78 is 19.0. The summed E-state index contributed by atoms with van der Waals surface area (Å²) in [5, 5.41) is 7.44. The monoisotopic (exact) mass is 417 g/mol. The molecule has 1 saturated heterocycles. The van der Waals surface area contributed by atoms with Gasteiger partial charge < -0.3 is 24.9 Å². The van der Waals surface area contributed by atoms with Crippen molar-refractivity contribution < 1.29 is 9.23 Å². The molecule has 3 heterocycles. The van der Waals surface area contributed by atoms with Gasteiger partial charge in [-0.1, -0.05) is 30.1 Å². The summed E-state index contributed by atoms with van der Waals surface area (Å²) in [4.78, 5) is 5.41. The standard InChI is InChI=1S/C21H25ClFN5O/c1-2-3-15-4-5-20-27(8-9-28(15)20)13-17-18(22)10-14(11-19(17)23)21(24)26-29-16-6-7-25-12-16/h4-5,8-11,16,25H,2-3,6-7,12-13H2,1H3,(H2,24,26). The van der Waals surface area contributed by atoms with Crippen LogP contribution >= 0.6 is 11.6 Å². The minimum atomic E-state index is -0.416. The van der Waals surface area contributed by atoms with Crippen LogP contribution in [0.4, 0.5) is 4.39 Å². The number of benzene rings is 1. The molecule has 0 aliphatic carbocycles. The molecule has 3 aromatic rings. The molecular weight excluding hydrogens is 393 g/mol. The molecule has 1 aliphatic rings. The van der Waals surface area contributed by atoms with Crippen LogP contribution in [0.1, 0.15) is 36.6 Å². The molecule has 1 atom stereocenters. The minimum absolute atomic E-state index is 0.0102. The molecule has 0 radical (unpaired) electrons. The highest BCUT2D eigenvalue weighted by atomic mass is 35.5. The highest BCUT2D eigenvalue weighted by Gasteiger charge is 2.17. The molecule has 2 aromatic heterocycles. The number of rotatable bonds is 7. The van der Waals surface area contributed by atoms with Crippen LogP contribution in [0.25, 0.3) is 5.65 Å². The summed E-state index contributed by atoms with van der Waals surface area (Å²) in [5.74, 6) is -0.302. The predicted octanol–water partition coefficient (Wildman–Crippen LogP) is 3.53. The van der Waals surface area contributed by atoms with Crippen LogP contribution in [0, 0.1) is 5.82 Å². The third-order valence-corrected chi connectivity index (χ3v) is 5.59. The van der Waals surface area contributed by atoms with E-state index in [9.17, 15) is 4.39 Å². The van der Waals surface area contributed by atoms with E-state index in [1.165, 1.54) is 11.8 Å². The van der Waals surface area contributed by atoms with Crippen molar-refractivity contribution in [3.63, 3.8) is 0 Å². The number of nitrogens with two attached hydrogens (primary N) is 1. The Morgan fingerprint density at radius 1 is 1.38 bits per heavy atom. The fourth-order valence-corrected chi connectivity index (χ4v) is 3.94. The maximum Gasteiger partial charge on any atom is 0.170 e. The Hall–Kier alpha value is -2.51. The van der Waals surface area contributed by atoms with Gasteiger partial charge in [-0.05, 0) is 37.2 Å². The smallest absolute Gasteiger partial charge is 0.170 e. The van der Waals surface area contributed by atoms with E-state index in [-0.39, 0.29) is 11.9 Å². The van der Waals surface area contributed by atoms with Crippen LogP contribution in [-0.2, 0) is 17.8 Å². The van der Waals surface area contributed by atoms with Crippen LogP contribution in [0.5, 0.6) is 0 Å². The van der Waals surface area contributed by atoms with E-state index in [4.69, 9.17) is 22.2 Å². The first-order valence-electron chi connectivity index (χ1n) is 9.90. The lowest BCUT2D eigenvalue weighted by Crippen LogP contribution is -2.19. The van der Waals surface area contributed by atoms with E-state index in [0.717, 1.165) is 38.0 Å². The first-order valence-corrected chi connectivity index (χ1v) is 10.3. The summed E-state index contributed by atoms with van der Waals surface area (Å²) in [6, 6.07) is 7.15. The zero-order valence-corrected chi connectivity index (χ0v) is 17.1. The second kappa shape index (κ2) is 8.47. The van der Waals surface area contributed by atoms with Gasteiger partial charge in [0.2, 0.25) is 0 Å². The Balaban J connectivity index is 1.55. The number of imidazole rings is 1. The molecule has 1 aromatic carbocycles. The van der Waals surface area contributed by atoms with Gasteiger partial charge in [0.05, 0.1) is 6.54 Å². The number of oxime groups is 1. The maximum absolute atomic E-state index is 14.9. The van der Waals surface area contributed by atoms with Crippen LogP contribution in [0.3, 0.4) is 0 Å². The summed E-state index contributed by atoms with van der Waals surface area (Å²) in [7, 11) is 0. The number of nitrogens with one attached hydrogen (secondary N) is 1. The molecule has 1 aliphatic heterocycles. The number of amidine groups is 1. The second-order valence-electron chi connectivity index (χ2n) is 7.34. The van der Waals surface area contributed by atoms with Crippen LogP contribution < -0.4 is 11.1 Å². The zero-order valence-electron chi connectivity index (χ0n) is 16.4. The van der Waals surface area contributed by atoms with Gasteiger partial charge in [0.25, 0.3) is 0 Å². The largest absolute Gasteiger partial charge is 0.389 e. The molecule has 4 rings (SSSR count). The van der Waals surface area contributed by atoms with Gasteiger partial charge in [0.15, 0.2) is 5.84 Å². The van der Waals surface area contributed by atoms with E-state index >= 15 is 0 Å². The molecule has 154 valence electrons. The normalized spacial score (nSPS) is 17.3. The third-order valence-electron chi connectivity index (χ3n) is 5.26. The lowest BCUT2D eigenvalue weighted by atomic mass is 10.1. The molecule has 3 N–H and O–H groups in total. The number of nitrogens with zero attached hydrogens (tertiary/aromatic N) is 3. The number of hydrogen-bond acceptors (Lipinski definition) is 3. The lowest BCUT2D eigenvalue weighted by Gasteiger charge is -2.11. The van der Waals surface area contributed by atoms with E-state index in [1.54, 1.807) is 6.07 Å². The van der Waals surface area contributed by atoms with Gasteiger partial charge in [-0.3, -0.25) is 0 Å². The Morgan fingerprint density at radius 2 is 2.24 bits per heavy atom. The summed E-state index contributed by atoms with van der Waals surface area (Å²) in [5.41, 5.74) is 9.05. The molecule has 0 saturated carbocycles. The quantitative estimate of drug-likeness (QED) is 0.351. The highest BCUT2D eigenvalue weighted by molar-refractivity contribution is 6.31. The predicted molar refractivity (Wildman–Crippen MR) is 113 cm³/mol. The first-order chi connectivity index (χ1) is 14.1. The molecule has 0 spiro atoms. The SMILES string of the molecule is CCCc1ccc2n(Cc3c(F)cc(C(N)=NOC4CCNC4)cc3Cl)ccn12. The van der Waals surface area contributed by atoms with Gasteiger partial charge in [-0.25, -0.2) is 4.39 Å². The Morgan fingerprint density at radius 3 is 2.97 bits per heavy atom. The van der Waals surface area contributed by atoms with Crippen molar-refractivity contribution >= 4 is 23.1 Å². The maximum atomic E-state index is 14.9. The summed E-state index contributed by atoms with van der Waals surface area (Å²) in [6.45, 7) is 4.11. The molecule has 1 fully saturated rings. The van der Waals surface area contributed by atoms with Gasteiger partial charge in [-0.15, -0.1) is 0 Å². The van der Waals surface area contributed by atoms with Crippen molar-refractivity contribution in [3.8, 4) is 0 Å². The van der Waals surface area contributed by atoms with Crippen molar-refractivity contribution in [2.45, 2.75) is 38.8 Å². The van der Waals surface area contributed by atoms with Gasteiger partial charge in [0.1, 0.15) is 17.6 Å². The van der Waals surface area contributed by atoms with Crippen molar-refractivity contribution in [1.82, 2.24) is 14.3 Å². The van der Waals surface area contributed by atoms with Gasteiger partial charge >= 0.3 is 0 Å². The molecule has 1 unspecified atom stereocenters. The molecule has 29 heavy (non-hydrogen) atoms. The summed E-state index contributed by atoms with van der Waals surface area (Å²) in [6.07, 6.45) is 6.88. The van der Waals surface area contributed by atoms with E-state index in [1.807, 2.05) is 23.0 Å². The van der Waals surface area contributed by atoms with Crippen molar-refractivity contribution in [1.29, 1.82) is 0 Å². The number of halogens is 2. The molecule has 0 bridgehead atoms. The van der Waals surface area contributed by atoms with Gasteiger partial charge in [-0.2, -0.15) is 0 Å². The lowest BCUT2D eigenvalue weighted by molar-refractivity contribution is 0.0734. The number of hydrogen-bond donors (Lipinski definition) is 2. The van der Waals surface area contributed by atoms with Crippen molar-refractivity contribution in [3.05, 3.63) is 64.3 Å². The second-order valence-corrected chi connectivity index (χ2v) is 7.75. The number of fused-ring (bicyclic) bond motifs is 1. The van der Waals surface area contributed by atoms with Gasteiger partial charge in [0, 0.05) is 47.2 Å². The Bertz CT molecular complexity index is 1010. The Kier molecular flexibility index (Phi) is 5.78. The van der Waals surface area contributed by atoms with Crippen LogP contribution in [0.2, 0.25) is 5.02 Å². The zero-order chi connectivity index (χ0) is 20.4. The van der Waals surface area contributed by atoms with Crippen LogP contribution in [-0.4, -0.2) is 34.0 Å². The fraction of sp³-hybridized carbons (Fsp3) is 0.381.